The van der Waals surface area contributed by atoms with E-state index in [2.05, 4.69) is 6.92 Å². The van der Waals surface area contributed by atoms with Crippen molar-refractivity contribution in [1.82, 2.24) is 0 Å². The van der Waals surface area contributed by atoms with Crippen molar-refractivity contribution in [3.05, 3.63) is 53.6 Å². The minimum atomic E-state index is -0.260. The molecule has 0 heterocycles. The van der Waals surface area contributed by atoms with Crippen LogP contribution in [0.1, 0.15) is 121 Å². The Labute approximate surface area is 218 Å². The zero-order chi connectivity index (χ0) is 25.8. The summed E-state index contributed by atoms with van der Waals surface area (Å²) in [5.41, 5.74) is 1.65. The fourth-order valence-corrected chi connectivity index (χ4v) is 4.36. The van der Waals surface area contributed by atoms with Gasteiger partial charge in [0.2, 0.25) is 0 Å². The molecule has 0 atom stereocenters. The molecular formula is C32H46O4. The van der Waals surface area contributed by atoms with Crippen LogP contribution in [0.15, 0.2) is 42.5 Å². The number of carbonyl (C=O) groups excluding carboxylic acids is 1. The Balaban J connectivity index is 1.53. The summed E-state index contributed by atoms with van der Waals surface area (Å²) in [5.74, 6) is 0.362. The van der Waals surface area contributed by atoms with Crippen LogP contribution in [-0.2, 0) is 4.79 Å². The summed E-state index contributed by atoms with van der Waals surface area (Å²) in [4.78, 5) is 12.2. The number of hydrogen-bond acceptors (Lipinski definition) is 4. The Morgan fingerprint density at radius 3 is 1.69 bits per heavy atom. The van der Waals surface area contributed by atoms with E-state index in [-0.39, 0.29) is 17.5 Å². The lowest BCUT2D eigenvalue weighted by Crippen LogP contribution is -2.07. The Morgan fingerprint density at radius 1 is 0.639 bits per heavy atom. The minimum Gasteiger partial charge on any atom is -0.508 e. The van der Waals surface area contributed by atoms with Gasteiger partial charge in [-0.15, -0.1) is 0 Å². The summed E-state index contributed by atoms with van der Waals surface area (Å²) in [6, 6.07) is 11.6. The summed E-state index contributed by atoms with van der Waals surface area (Å²) in [6.45, 7) is 2.27. The predicted octanol–water partition coefficient (Wildman–Crippen LogP) is 9.44. The number of benzene rings is 2. The highest BCUT2D eigenvalue weighted by Crippen LogP contribution is 2.24. The lowest BCUT2D eigenvalue weighted by molar-refractivity contribution is -0.134. The van der Waals surface area contributed by atoms with Crippen molar-refractivity contribution in [2.24, 2.45) is 0 Å². The van der Waals surface area contributed by atoms with E-state index in [9.17, 15) is 15.0 Å². The summed E-state index contributed by atoms with van der Waals surface area (Å²) in [7, 11) is 0. The van der Waals surface area contributed by atoms with Crippen molar-refractivity contribution in [2.75, 3.05) is 0 Å². The fraction of sp³-hybridized carbons (Fsp3) is 0.531. The van der Waals surface area contributed by atoms with Crippen molar-refractivity contribution in [3.8, 4) is 17.2 Å². The predicted molar refractivity (Wildman–Crippen MR) is 150 cm³/mol. The lowest BCUT2D eigenvalue weighted by Gasteiger charge is -2.07. The largest absolute Gasteiger partial charge is 0.508 e. The van der Waals surface area contributed by atoms with Crippen molar-refractivity contribution >= 4 is 18.1 Å². The zero-order valence-corrected chi connectivity index (χ0v) is 22.2. The number of carbonyl (C=O) groups is 1. The van der Waals surface area contributed by atoms with Crippen LogP contribution in [0.4, 0.5) is 0 Å². The molecular weight excluding hydrogens is 448 g/mol. The highest BCUT2D eigenvalue weighted by Gasteiger charge is 2.07. The first-order chi connectivity index (χ1) is 17.6. The van der Waals surface area contributed by atoms with Crippen molar-refractivity contribution in [1.29, 1.82) is 0 Å². The highest BCUT2D eigenvalue weighted by atomic mass is 16.5. The van der Waals surface area contributed by atoms with E-state index >= 15 is 0 Å². The molecule has 0 aliphatic carbocycles. The van der Waals surface area contributed by atoms with Crippen LogP contribution < -0.4 is 4.74 Å². The third-order valence-corrected chi connectivity index (χ3v) is 6.49. The van der Waals surface area contributed by atoms with Crippen LogP contribution in [0.2, 0.25) is 0 Å². The van der Waals surface area contributed by atoms with Gasteiger partial charge in [-0.05, 0) is 41.8 Å². The number of ether oxygens (including phenoxy) is 1. The standard InChI is InChI=1S/C32H46O4/c1-2-3-4-5-6-7-8-9-10-11-12-13-14-15-16-17-32(35)36-31-25-28(24-30(34)26-31)19-18-27-20-22-29(33)23-21-27/h18-26,33-34H,2-17H2,1H3. The normalized spacial score (nSPS) is 11.2. The van der Waals surface area contributed by atoms with Gasteiger partial charge in [-0.25, -0.2) is 0 Å². The van der Waals surface area contributed by atoms with Gasteiger partial charge in [0.15, 0.2) is 0 Å². The van der Waals surface area contributed by atoms with Gasteiger partial charge in [-0.2, -0.15) is 0 Å². The van der Waals surface area contributed by atoms with Gasteiger partial charge in [0.25, 0.3) is 0 Å². The van der Waals surface area contributed by atoms with Crippen molar-refractivity contribution in [3.63, 3.8) is 0 Å². The molecule has 0 saturated carbocycles. The van der Waals surface area contributed by atoms with E-state index in [1.807, 2.05) is 12.2 Å². The first kappa shape index (κ1) is 29.5. The molecule has 36 heavy (non-hydrogen) atoms. The Bertz CT molecular complexity index is 886. The second-order valence-electron chi connectivity index (χ2n) is 9.86. The summed E-state index contributed by atoms with van der Waals surface area (Å²) < 4.78 is 5.46. The van der Waals surface area contributed by atoms with Gasteiger partial charge in [0.05, 0.1) is 0 Å². The molecule has 0 aromatic heterocycles. The molecule has 2 rings (SSSR count). The highest BCUT2D eigenvalue weighted by molar-refractivity contribution is 5.74. The lowest BCUT2D eigenvalue weighted by atomic mass is 10.0. The molecule has 4 nitrogen and oxygen atoms in total. The van der Waals surface area contributed by atoms with Crippen LogP contribution in [0.3, 0.4) is 0 Å². The van der Waals surface area contributed by atoms with E-state index in [0.717, 1.165) is 24.0 Å². The van der Waals surface area contributed by atoms with E-state index in [1.54, 1.807) is 36.4 Å². The van der Waals surface area contributed by atoms with E-state index in [4.69, 9.17) is 4.74 Å². The fourth-order valence-electron chi connectivity index (χ4n) is 4.36. The van der Waals surface area contributed by atoms with Gasteiger partial charge in [-0.1, -0.05) is 121 Å². The van der Waals surface area contributed by atoms with Crippen LogP contribution in [0.25, 0.3) is 12.2 Å². The number of hydrogen-bond donors (Lipinski definition) is 2. The minimum absolute atomic E-state index is 0.0534. The molecule has 0 fully saturated rings. The first-order valence-corrected chi connectivity index (χ1v) is 14.1. The van der Waals surface area contributed by atoms with Gasteiger partial charge >= 0.3 is 5.97 Å². The van der Waals surface area contributed by atoms with Crippen LogP contribution in [0.5, 0.6) is 17.2 Å². The van der Waals surface area contributed by atoms with Gasteiger partial charge in [0, 0.05) is 12.5 Å². The molecule has 0 saturated heterocycles. The number of esters is 1. The third kappa shape index (κ3) is 14.0. The van der Waals surface area contributed by atoms with Gasteiger partial charge < -0.3 is 14.9 Å². The van der Waals surface area contributed by atoms with Crippen LogP contribution in [-0.4, -0.2) is 16.2 Å². The van der Waals surface area contributed by atoms with Gasteiger partial charge in [0.1, 0.15) is 17.2 Å². The van der Waals surface area contributed by atoms with E-state index in [1.165, 1.54) is 89.5 Å². The second-order valence-corrected chi connectivity index (χ2v) is 9.86. The number of phenolic OH excluding ortho intramolecular Hbond substituents is 2. The molecule has 0 aliphatic heterocycles. The second kappa shape index (κ2) is 18.5. The quantitative estimate of drug-likeness (QED) is 0.0883. The van der Waals surface area contributed by atoms with Crippen LogP contribution >= 0.6 is 0 Å². The molecule has 0 aliphatic rings. The number of aromatic hydroxyl groups is 2. The number of rotatable bonds is 19. The van der Waals surface area contributed by atoms with Crippen molar-refractivity contribution < 1.29 is 19.7 Å². The molecule has 0 radical (unpaired) electrons. The molecule has 4 heteroatoms. The monoisotopic (exact) mass is 494 g/mol. The first-order valence-electron chi connectivity index (χ1n) is 14.1. The zero-order valence-electron chi connectivity index (χ0n) is 22.2. The molecule has 2 aromatic rings. The Morgan fingerprint density at radius 2 is 1.14 bits per heavy atom. The molecule has 198 valence electrons. The Hall–Kier alpha value is -2.75. The average Bonchev–Trinajstić information content (AvgIpc) is 2.85. The summed E-state index contributed by atoms with van der Waals surface area (Å²) >= 11 is 0. The molecule has 0 spiro atoms. The number of unbranched alkanes of at least 4 members (excludes halogenated alkanes) is 14. The van der Waals surface area contributed by atoms with Crippen molar-refractivity contribution in [2.45, 2.75) is 110 Å². The third-order valence-electron chi connectivity index (χ3n) is 6.49. The van der Waals surface area contributed by atoms with Crippen LogP contribution in [0, 0.1) is 0 Å². The van der Waals surface area contributed by atoms with E-state index in [0.29, 0.717) is 12.2 Å². The molecule has 2 aromatic carbocycles. The summed E-state index contributed by atoms with van der Waals surface area (Å²) in [6.07, 6.45) is 23.5. The number of phenols is 2. The maximum Gasteiger partial charge on any atom is 0.311 e. The SMILES string of the molecule is CCCCCCCCCCCCCCCCCC(=O)Oc1cc(O)cc(C=Cc2ccc(O)cc2)c1. The smallest absolute Gasteiger partial charge is 0.311 e. The maximum absolute atomic E-state index is 12.2. The topological polar surface area (TPSA) is 66.8 Å². The van der Waals surface area contributed by atoms with Gasteiger partial charge in [-0.3, -0.25) is 4.79 Å². The average molecular weight is 495 g/mol. The molecule has 0 bridgehead atoms. The summed E-state index contributed by atoms with van der Waals surface area (Å²) in [5, 5.41) is 19.4. The van der Waals surface area contributed by atoms with E-state index < -0.39 is 0 Å². The molecule has 2 N–H and O–H groups in total. The maximum atomic E-state index is 12.2. The Kier molecular flexibility index (Phi) is 15.2. The molecule has 0 amide bonds. The molecule has 0 unspecified atom stereocenters.